The van der Waals surface area contributed by atoms with Crippen LogP contribution in [-0.4, -0.2) is 32.8 Å². The predicted octanol–water partition coefficient (Wildman–Crippen LogP) is 3.49. The van der Waals surface area contributed by atoms with E-state index in [0.717, 1.165) is 12.0 Å². The third-order valence-electron chi connectivity index (χ3n) is 4.41. The lowest BCUT2D eigenvalue weighted by atomic mass is 9.97. The van der Waals surface area contributed by atoms with Crippen LogP contribution in [0.4, 0.5) is 0 Å². The summed E-state index contributed by atoms with van der Waals surface area (Å²) in [6.45, 7) is 1.70. The van der Waals surface area contributed by atoms with Gasteiger partial charge in [-0.05, 0) is 55.9 Å². The number of nitrogens with one attached hydrogen (secondary N) is 1. The first-order valence-corrected chi connectivity index (χ1v) is 8.88. The van der Waals surface area contributed by atoms with Gasteiger partial charge in [0.1, 0.15) is 13.2 Å². The molecular formula is C20H25NO4. The Balaban J connectivity index is 1.55. The zero-order valence-electron chi connectivity index (χ0n) is 14.7. The molecule has 1 aliphatic carbocycles. The molecule has 0 unspecified atom stereocenters. The average molecular weight is 343 g/mol. The Morgan fingerprint density at radius 2 is 2.16 bits per heavy atom. The van der Waals surface area contributed by atoms with Gasteiger partial charge in [0.25, 0.3) is 0 Å². The second kappa shape index (κ2) is 8.60. The van der Waals surface area contributed by atoms with Crippen molar-refractivity contribution in [2.45, 2.75) is 32.1 Å². The van der Waals surface area contributed by atoms with Crippen molar-refractivity contribution in [3.63, 3.8) is 0 Å². The number of amides is 1. The minimum Gasteiger partial charge on any atom is -0.493 e. The molecule has 0 fully saturated rings. The molecule has 3 rings (SSSR count). The van der Waals surface area contributed by atoms with Crippen LogP contribution in [0.1, 0.15) is 37.7 Å². The number of hydrogen-bond donors (Lipinski definition) is 1. The molecule has 1 N–H and O–H groups in total. The van der Waals surface area contributed by atoms with Gasteiger partial charge in [0.05, 0.1) is 7.11 Å². The highest BCUT2D eigenvalue weighted by atomic mass is 16.6. The Morgan fingerprint density at radius 1 is 1.28 bits per heavy atom. The topological polar surface area (TPSA) is 56.8 Å². The SMILES string of the molecule is COc1cc(C=CC(=O)NCCC2=CCCCC2)cc2c1OCCO2. The molecule has 1 heterocycles. The van der Waals surface area contributed by atoms with Gasteiger partial charge in [0.2, 0.25) is 11.7 Å². The summed E-state index contributed by atoms with van der Waals surface area (Å²) in [6, 6.07) is 3.69. The number of hydrogen-bond acceptors (Lipinski definition) is 4. The molecule has 1 aromatic carbocycles. The van der Waals surface area contributed by atoms with Gasteiger partial charge in [-0.1, -0.05) is 11.6 Å². The number of benzene rings is 1. The Kier molecular flexibility index (Phi) is 5.99. The number of allylic oxidation sites excluding steroid dienone is 1. The fourth-order valence-corrected chi connectivity index (χ4v) is 3.10. The molecule has 0 saturated heterocycles. The molecule has 0 aromatic heterocycles. The Labute approximate surface area is 148 Å². The Bertz CT molecular complexity index is 661. The maximum absolute atomic E-state index is 12.0. The summed E-state index contributed by atoms with van der Waals surface area (Å²) in [4.78, 5) is 12.0. The molecule has 25 heavy (non-hydrogen) atoms. The van der Waals surface area contributed by atoms with Crippen LogP contribution in [0.2, 0.25) is 0 Å². The maximum Gasteiger partial charge on any atom is 0.244 e. The van der Waals surface area contributed by atoms with Gasteiger partial charge in [-0.25, -0.2) is 0 Å². The van der Waals surface area contributed by atoms with E-state index in [1.165, 1.54) is 31.3 Å². The number of carbonyl (C=O) groups excluding carboxylic acids is 1. The lowest BCUT2D eigenvalue weighted by Gasteiger charge is -2.20. The quantitative estimate of drug-likeness (QED) is 0.635. The third kappa shape index (κ3) is 4.78. The average Bonchev–Trinajstić information content (AvgIpc) is 2.66. The van der Waals surface area contributed by atoms with E-state index < -0.39 is 0 Å². The van der Waals surface area contributed by atoms with Crippen LogP contribution in [-0.2, 0) is 4.79 Å². The molecule has 1 aliphatic heterocycles. The second-order valence-electron chi connectivity index (χ2n) is 6.23. The highest BCUT2D eigenvalue weighted by Gasteiger charge is 2.17. The molecule has 5 heteroatoms. The number of ether oxygens (including phenoxy) is 3. The van der Waals surface area contributed by atoms with Gasteiger partial charge in [-0.15, -0.1) is 0 Å². The molecule has 134 valence electrons. The minimum absolute atomic E-state index is 0.0923. The monoisotopic (exact) mass is 343 g/mol. The van der Waals surface area contributed by atoms with Crippen LogP contribution >= 0.6 is 0 Å². The third-order valence-corrected chi connectivity index (χ3v) is 4.41. The van der Waals surface area contributed by atoms with Crippen LogP contribution in [0, 0.1) is 0 Å². The van der Waals surface area contributed by atoms with Gasteiger partial charge in [0, 0.05) is 12.6 Å². The summed E-state index contributed by atoms with van der Waals surface area (Å²) < 4.78 is 16.5. The Morgan fingerprint density at radius 3 is 2.96 bits per heavy atom. The Hall–Kier alpha value is -2.43. The van der Waals surface area contributed by atoms with E-state index in [1.807, 2.05) is 12.1 Å². The molecule has 0 saturated carbocycles. The highest BCUT2D eigenvalue weighted by molar-refractivity contribution is 5.91. The van der Waals surface area contributed by atoms with Crippen LogP contribution in [0.15, 0.2) is 29.9 Å². The van der Waals surface area contributed by atoms with Gasteiger partial charge < -0.3 is 19.5 Å². The van der Waals surface area contributed by atoms with Crippen LogP contribution in [0.3, 0.4) is 0 Å². The summed E-state index contributed by atoms with van der Waals surface area (Å²) in [7, 11) is 1.59. The molecule has 1 aromatic rings. The molecule has 0 radical (unpaired) electrons. The zero-order chi connectivity index (χ0) is 17.5. The summed E-state index contributed by atoms with van der Waals surface area (Å²) in [5, 5.41) is 2.94. The molecular weight excluding hydrogens is 318 g/mol. The second-order valence-corrected chi connectivity index (χ2v) is 6.23. The molecule has 5 nitrogen and oxygen atoms in total. The fourth-order valence-electron chi connectivity index (χ4n) is 3.10. The number of methoxy groups -OCH3 is 1. The summed E-state index contributed by atoms with van der Waals surface area (Å²) >= 11 is 0. The van der Waals surface area contributed by atoms with Gasteiger partial charge in [-0.3, -0.25) is 4.79 Å². The lowest BCUT2D eigenvalue weighted by molar-refractivity contribution is -0.116. The van der Waals surface area contributed by atoms with E-state index in [9.17, 15) is 4.79 Å². The summed E-state index contributed by atoms with van der Waals surface area (Å²) in [5.74, 6) is 1.79. The van der Waals surface area contributed by atoms with Gasteiger partial charge >= 0.3 is 0 Å². The number of fused-ring (bicyclic) bond motifs is 1. The van der Waals surface area contributed by atoms with Crippen LogP contribution in [0.5, 0.6) is 17.2 Å². The van der Waals surface area contributed by atoms with Crippen molar-refractivity contribution in [2.75, 3.05) is 26.9 Å². The highest BCUT2D eigenvalue weighted by Crippen LogP contribution is 2.40. The van der Waals surface area contributed by atoms with E-state index in [1.54, 1.807) is 19.3 Å². The smallest absolute Gasteiger partial charge is 0.244 e. The number of rotatable bonds is 6. The summed E-state index contributed by atoms with van der Waals surface area (Å²) in [5.41, 5.74) is 2.30. The van der Waals surface area contributed by atoms with Crippen molar-refractivity contribution in [3.05, 3.63) is 35.4 Å². The number of carbonyl (C=O) groups is 1. The minimum atomic E-state index is -0.0923. The lowest BCUT2D eigenvalue weighted by Crippen LogP contribution is -2.22. The predicted molar refractivity (Wildman–Crippen MR) is 97.2 cm³/mol. The maximum atomic E-state index is 12.0. The van der Waals surface area contributed by atoms with Crippen molar-refractivity contribution in [1.29, 1.82) is 0 Å². The molecule has 0 atom stereocenters. The first kappa shape index (κ1) is 17.4. The molecule has 1 amide bonds. The van der Waals surface area contributed by atoms with E-state index in [4.69, 9.17) is 14.2 Å². The summed E-state index contributed by atoms with van der Waals surface area (Å²) in [6.07, 6.45) is 11.5. The first-order chi connectivity index (χ1) is 12.3. The van der Waals surface area contributed by atoms with E-state index >= 15 is 0 Å². The van der Waals surface area contributed by atoms with Gasteiger partial charge in [-0.2, -0.15) is 0 Å². The fraction of sp³-hybridized carbons (Fsp3) is 0.450. The van der Waals surface area contributed by atoms with Crippen molar-refractivity contribution >= 4 is 12.0 Å². The van der Waals surface area contributed by atoms with Crippen molar-refractivity contribution in [3.8, 4) is 17.2 Å². The van der Waals surface area contributed by atoms with Crippen molar-refractivity contribution < 1.29 is 19.0 Å². The zero-order valence-corrected chi connectivity index (χ0v) is 14.7. The van der Waals surface area contributed by atoms with E-state index in [-0.39, 0.29) is 5.91 Å². The van der Waals surface area contributed by atoms with E-state index in [0.29, 0.717) is 37.0 Å². The van der Waals surface area contributed by atoms with Crippen LogP contribution < -0.4 is 19.5 Å². The van der Waals surface area contributed by atoms with Crippen molar-refractivity contribution in [1.82, 2.24) is 5.32 Å². The molecule has 2 aliphatic rings. The first-order valence-electron chi connectivity index (χ1n) is 8.88. The van der Waals surface area contributed by atoms with E-state index in [2.05, 4.69) is 11.4 Å². The largest absolute Gasteiger partial charge is 0.493 e. The van der Waals surface area contributed by atoms with Crippen LogP contribution in [0.25, 0.3) is 6.08 Å². The normalized spacial score (nSPS) is 16.4. The van der Waals surface area contributed by atoms with Crippen molar-refractivity contribution in [2.24, 2.45) is 0 Å². The molecule has 0 bridgehead atoms. The standard InChI is InChI=1S/C20H25NO4/c1-23-17-13-16(14-18-20(17)25-12-11-24-18)7-8-19(22)21-10-9-15-5-3-2-4-6-15/h5,7-8,13-14H,2-4,6,9-12H2,1H3,(H,21,22). The molecule has 0 spiro atoms. The van der Waals surface area contributed by atoms with Gasteiger partial charge in [0.15, 0.2) is 11.5 Å².